The number of carbonyl (C=O) groups excluding carboxylic acids is 1. The Morgan fingerprint density at radius 2 is 1.83 bits per heavy atom. The van der Waals surface area contributed by atoms with Crippen molar-refractivity contribution >= 4 is 16.9 Å². The second-order valence-corrected chi connectivity index (χ2v) is 6.47. The van der Waals surface area contributed by atoms with Gasteiger partial charge in [0.25, 0.3) is 0 Å². The predicted octanol–water partition coefficient (Wildman–Crippen LogP) is 4.76. The Hall–Kier alpha value is -2.62. The zero-order valence-electron chi connectivity index (χ0n) is 13.7. The summed E-state index contributed by atoms with van der Waals surface area (Å²) in [5.41, 5.74) is 2.96. The summed E-state index contributed by atoms with van der Waals surface area (Å²) in [6.45, 7) is 7.40. The molecule has 2 heterocycles. The number of aromatic nitrogens is 1. The number of hydrogen-bond acceptors (Lipinski definition) is 4. The van der Waals surface area contributed by atoms with Gasteiger partial charge in [-0.25, -0.2) is 4.79 Å². The molecule has 2 aromatic heterocycles. The van der Waals surface area contributed by atoms with Crippen LogP contribution < -0.4 is 0 Å². The van der Waals surface area contributed by atoms with Crippen molar-refractivity contribution in [3.63, 3.8) is 0 Å². The van der Waals surface area contributed by atoms with E-state index in [-0.39, 0.29) is 5.76 Å². The number of rotatable bonds is 2. The molecule has 0 bridgehead atoms. The number of nitrogens with zero attached hydrogens (tertiary/aromatic N) is 1. The summed E-state index contributed by atoms with van der Waals surface area (Å²) in [4.78, 5) is 16.4. The molecule has 3 rings (SSSR count). The molecule has 4 heteroatoms. The number of ether oxygens (including phenoxy) is 1. The minimum atomic E-state index is -0.559. The third-order valence-corrected chi connectivity index (χ3v) is 3.53. The number of carbonyl (C=O) groups is 1. The van der Waals surface area contributed by atoms with E-state index in [4.69, 9.17) is 9.15 Å². The van der Waals surface area contributed by atoms with E-state index in [9.17, 15) is 4.79 Å². The second kappa shape index (κ2) is 5.54. The van der Waals surface area contributed by atoms with E-state index < -0.39 is 11.6 Å². The van der Waals surface area contributed by atoms with Crippen LogP contribution in [0.15, 0.2) is 47.1 Å². The molecule has 4 nitrogen and oxygen atoms in total. The number of furan rings is 1. The molecule has 0 aliphatic carbocycles. The summed E-state index contributed by atoms with van der Waals surface area (Å²) in [6.07, 6.45) is 3.50. The largest absolute Gasteiger partial charge is 0.454 e. The molecule has 0 unspecified atom stereocenters. The van der Waals surface area contributed by atoms with Crippen LogP contribution in [0.1, 0.15) is 36.9 Å². The van der Waals surface area contributed by atoms with Crippen LogP contribution in [0.5, 0.6) is 0 Å². The van der Waals surface area contributed by atoms with Crippen molar-refractivity contribution in [2.75, 3.05) is 0 Å². The van der Waals surface area contributed by atoms with Crippen molar-refractivity contribution in [3.05, 3.63) is 54.0 Å². The molecular formula is C19H19NO3. The normalized spacial score (nSPS) is 11.7. The maximum absolute atomic E-state index is 12.4. The number of benzene rings is 1. The quantitative estimate of drug-likeness (QED) is 0.640. The lowest BCUT2D eigenvalue weighted by Crippen LogP contribution is -2.23. The van der Waals surface area contributed by atoms with E-state index in [1.54, 1.807) is 12.4 Å². The van der Waals surface area contributed by atoms with Crippen LogP contribution in [0, 0.1) is 6.92 Å². The van der Waals surface area contributed by atoms with Crippen molar-refractivity contribution < 1.29 is 13.9 Å². The molecule has 118 valence electrons. The lowest BCUT2D eigenvalue weighted by atomic mass is 10.00. The highest BCUT2D eigenvalue weighted by molar-refractivity contribution is 6.02. The van der Waals surface area contributed by atoms with Crippen molar-refractivity contribution in [3.8, 4) is 11.1 Å². The maximum atomic E-state index is 12.4. The van der Waals surface area contributed by atoms with Crippen LogP contribution in [0.2, 0.25) is 0 Å². The van der Waals surface area contributed by atoms with Gasteiger partial charge in [0.1, 0.15) is 11.2 Å². The van der Waals surface area contributed by atoms with Crippen molar-refractivity contribution in [1.29, 1.82) is 0 Å². The molecule has 0 atom stereocenters. The maximum Gasteiger partial charge on any atom is 0.375 e. The molecule has 0 amide bonds. The zero-order chi connectivity index (χ0) is 16.6. The molecule has 0 spiro atoms. The lowest BCUT2D eigenvalue weighted by molar-refractivity contribution is 0.00372. The molecular weight excluding hydrogens is 290 g/mol. The minimum Gasteiger partial charge on any atom is -0.454 e. The second-order valence-electron chi connectivity index (χ2n) is 6.47. The van der Waals surface area contributed by atoms with Gasteiger partial charge in [-0.15, -0.1) is 0 Å². The average Bonchev–Trinajstić information content (AvgIpc) is 2.84. The lowest BCUT2D eigenvalue weighted by Gasteiger charge is -2.18. The molecule has 0 aliphatic heterocycles. The zero-order valence-corrected chi connectivity index (χ0v) is 13.7. The standard InChI is InChI=1S/C19H19NO3/c1-12-16-14(13-8-10-20-11-9-13)6-5-7-15(16)22-17(12)18(21)23-19(2,3)4/h5-11H,1-4H3. The van der Waals surface area contributed by atoms with Crippen molar-refractivity contribution in [2.24, 2.45) is 0 Å². The van der Waals surface area contributed by atoms with Gasteiger partial charge in [0, 0.05) is 23.3 Å². The van der Waals surface area contributed by atoms with Gasteiger partial charge in [-0.3, -0.25) is 4.98 Å². The molecule has 23 heavy (non-hydrogen) atoms. The third-order valence-electron chi connectivity index (χ3n) is 3.53. The summed E-state index contributed by atoms with van der Waals surface area (Å²) in [5.74, 6) is -0.177. The van der Waals surface area contributed by atoms with Gasteiger partial charge in [-0.05, 0) is 57.0 Å². The first-order chi connectivity index (χ1) is 10.9. The summed E-state index contributed by atoms with van der Waals surface area (Å²) >= 11 is 0. The first kappa shape index (κ1) is 15.3. The number of hydrogen-bond donors (Lipinski definition) is 0. The Kier molecular flexibility index (Phi) is 3.68. The fourth-order valence-electron chi connectivity index (χ4n) is 2.59. The molecule has 3 aromatic rings. The van der Waals surface area contributed by atoms with Crippen molar-refractivity contribution in [2.45, 2.75) is 33.3 Å². The molecule has 0 radical (unpaired) electrons. The molecule has 0 fully saturated rings. The number of fused-ring (bicyclic) bond motifs is 1. The van der Waals surface area contributed by atoms with Gasteiger partial charge in [0.05, 0.1) is 0 Å². The Morgan fingerprint density at radius 1 is 1.13 bits per heavy atom. The van der Waals surface area contributed by atoms with E-state index in [0.29, 0.717) is 5.58 Å². The number of aryl methyl sites for hydroxylation is 1. The van der Waals surface area contributed by atoms with Gasteiger partial charge < -0.3 is 9.15 Å². The van der Waals surface area contributed by atoms with Crippen LogP contribution in [-0.4, -0.2) is 16.6 Å². The van der Waals surface area contributed by atoms with E-state index >= 15 is 0 Å². The van der Waals surface area contributed by atoms with Crippen LogP contribution >= 0.6 is 0 Å². The smallest absolute Gasteiger partial charge is 0.375 e. The fourth-order valence-corrected chi connectivity index (χ4v) is 2.59. The average molecular weight is 309 g/mol. The molecule has 0 saturated heterocycles. The molecule has 0 saturated carbocycles. The van der Waals surface area contributed by atoms with Crippen LogP contribution in [0.3, 0.4) is 0 Å². The predicted molar refractivity (Wildman–Crippen MR) is 89.4 cm³/mol. The number of pyridine rings is 1. The first-order valence-electron chi connectivity index (χ1n) is 7.53. The minimum absolute atomic E-state index is 0.261. The SMILES string of the molecule is Cc1c(C(=O)OC(C)(C)C)oc2cccc(-c3ccncc3)c12. The van der Waals surface area contributed by atoms with Crippen LogP contribution in [0.25, 0.3) is 22.1 Å². The third kappa shape index (κ3) is 2.97. The van der Waals surface area contributed by atoms with E-state index in [2.05, 4.69) is 4.98 Å². The fraction of sp³-hybridized carbons (Fsp3) is 0.263. The van der Waals surface area contributed by atoms with E-state index in [0.717, 1.165) is 22.1 Å². The van der Waals surface area contributed by atoms with Gasteiger partial charge in [-0.2, -0.15) is 0 Å². The topological polar surface area (TPSA) is 52.3 Å². The van der Waals surface area contributed by atoms with Gasteiger partial charge in [0.2, 0.25) is 5.76 Å². The van der Waals surface area contributed by atoms with E-state index in [1.165, 1.54) is 0 Å². The number of esters is 1. The summed E-state index contributed by atoms with van der Waals surface area (Å²) in [5, 5.41) is 0.930. The van der Waals surface area contributed by atoms with E-state index in [1.807, 2.05) is 58.0 Å². The molecule has 0 aliphatic rings. The Balaban J connectivity index is 2.15. The molecule has 1 aromatic carbocycles. The highest BCUT2D eigenvalue weighted by atomic mass is 16.6. The summed E-state index contributed by atoms with van der Waals surface area (Å²) in [6, 6.07) is 9.67. The summed E-state index contributed by atoms with van der Waals surface area (Å²) in [7, 11) is 0. The highest BCUT2D eigenvalue weighted by Gasteiger charge is 2.25. The van der Waals surface area contributed by atoms with Gasteiger partial charge in [-0.1, -0.05) is 12.1 Å². The highest BCUT2D eigenvalue weighted by Crippen LogP contribution is 2.34. The Labute approximate surface area is 135 Å². The Morgan fingerprint density at radius 3 is 2.48 bits per heavy atom. The Bertz CT molecular complexity index is 857. The van der Waals surface area contributed by atoms with Gasteiger partial charge in [0.15, 0.2) is 0 Å². The first-order valence-corrected chi connectivity index (χ1v) is 7.53. The monoisotopic (exact) mass is 309 g/mol. The van der Waals surface area contributed by atoms with Crippen LogP contribution in [0.4, 0.5) is 0 Å². The van der Waals surface area contributed by atoms with Crippen molar-refractivity contribution in [1.82, 2.24) is 4.98 Å². The molecule has 0 N–H and O–H groups in total. The van der Waals surface area contributed by atoms with Crippen LogP contribution in [-0.2, 0) is 4.74 Å². The summed E-state index contributed by atoms with van der Waals surface area (Å²) < 4.78 is 11.2. The van der Waals surface area contributed by atoms with Gasteiger partial charge >= 0.3 is 5.97 Å².